The summed E-state index contributed by atoms with van der Waals surface area (Å²) in [5.74, 6) is -0.0399. The Balaban J connectivity index is 1.93. The second kappa shape index (κ2) is 7.62. The molecule has 2 aliphatic rings. The van der Waals surface area contributed by atoms with Crippen molar-refractivity contribution in [2.45, 2.75) is 63.1 Å². The maximum absolute atomic E-state index is 13.0. The second-order valence-electron chi connectivity index (χ2n) is 7.27. The molecular formula is C21H27NO4. The summed E-state index contributed by atoms with van der Waals surface area (Å²) >= 11 is 0. The van der Waals surface area contributed by atoms with Gasteiger partial charge < -0.3 is 9.84 Å². The third kappa shape index (κ3) is 3.16. The number of rotatable bonds is 4. The smallest absolute Gasteiger partial charge is 0.410 e. The molecule has 2 fully saturated rings. The van der Waals surface area contributed by atoms with Crippen LogP contribution in [0.3, 0.4) is 0 Å². The molecule has 1 amide bonds. The van der Waals surface area contributed by atoms with Crippen LogP contribution in [0, 0.1) is 5.92 Å². The number of aliphatic hydroxyl groups is 1. The van der Waals surface area contributed by atoms with Crippen molar-refractivity contribution in [1.82, 2.24) is 4.90 Å². The minimum atomic E-state index is -1.56. The van der Waals surface area contributed by atoms with Crippen LogP contribution in [0.15, 0.2) is 43.0 Å². The lowest BCUT2D eigenvalue weighted by molar-refractivity contribution is -0.167. The molecule has 1 saturated carbocycles. The van der Waals surface area contributed by atoms with Gasteiger partial charge in [-0.2, -0.15) is 0 Å². The number of carbonyl (C=O) groups excluding carboxylic acids is 2. The van der Waals surface area contributed by atoms with Crippen molar-refractivity contribution >= 4 is 11.9 Å². The fourth-order valence-corrected chi connectivity index (χ4v) is 4.48. The molecule has 4 atom stereocenters. The monoisotopic (exact) mass is 357 g/mol. The third-order valence-electron chi connectivity index (χ3n) is 5.73. The Labute approximate surface area is 154 Å². The van der Waals surface area contributed by atoms with E-state index in [1.54, 1.807) is 35.2 Å². The van der Waals surface area contributed by atoms with Crippen molar-refractivity contribution in [1.29, 1.82) is 0 Å². The molecule has 0 radical (unpaired) electrons. The van der Waals surface area contributed by atoms with Gasteiger partial charge in [0.15, 0.2) is 5.78 Å². The number of Topliss-reactive ketones (excluding diaryl/α,β-unsaturated/α-hetero) is 1. The number of fused-ring (bicyclic) bond motifs is 1. The fraction of sp³-hybridized carbons (Fsp3) is 0.524. The van der Waals surface area contributed by atoms with E-state index in [0.29, 0.717) is 25.0 Å². The molecule has 140 valence electrons. The first-order valence-corrected chi connectivity index (χ1v) is 9.45. The first kappa shape index (κ1) is 18.6. The fourth-order valence-electron chi connectivity index (χ4n) is 4.48. The lowest BCUT2D eigenvalue weighted by Crippen LogP contribution is -2.70. The van der Waals surface area contributed by atoms with E-state index < -0.39 is 17.7 Å². The highest BCUT2D eigenvalue weighted by molar-refractivity contribution is 5.92. The van der Waals surface area contributed by atoms with Crippen molar-refractivity contribution in [3.05, 3.63) is 43.0 Å². The van der Waals surface area contributed by atoms with Gasteiger partial charge in [0.25, 0.3) is 0 Å². The molecule has 0 spiro atoms. The van der Waals surface area contributed by atoms with Crippen LogP contribution >= 0.6 is 0 Å². The Morgan fingerprint density at radius 2 is 2.12 bits per heavy atom. The zero-order chi connectivity index (χ0) is 18.7. The Morgan fingerprint density at radius 1 is 1.38 bits per heavy atom. The number of likely N-dealkylation sites (tertiary alicyclic amines) is 1. The molecule has 5 nitrogen and oxygen atoms in total. The average Bonchev–Trinajstić information content (AvgIpc) is 2.63. The summed E-state index contributed by atoms with van der Waals surface area (Å²) in [5.41, 5.74) is -1.56. The first-order chi connectivity index (χ1) is 12.5. The van der Waals surface area contributed by atoms with E-state index in [0.717, 1.165) is 12.8 Å². The summed E-state index contributed by atoms with van der Waals surface area (Å²) in [5, 5.41) is 11.3. The van der Waals surface area contributed by atoms with Crippen molar-refractivity contribution in [3.63, 3.8) is 0 Å². The lowest BCUT2D eigenvalue weighted by atomic mass is 9.65. The van der Waals surface area contributed by atoms with Crippen molar-refractivity contribution < 1.29 is 19.4 Å². The van der Waals surface area contributed by atoms with Crippen LogP contribution in [-0.4, -0.2) is 39.6 Å². The van der Waals surface area contributed by atoms with E-state index in [9.17, 15) is 14.7 Å². The molecule has 1 heterocycles. The van der Waals surface area contributed by atoms with Gasteiger partial charge in [-0.25, -0.2) is 4.79 Å². The van der Waals surface area contributed by atoms with E-state index >= 15 is 0 Å². The van der Waals surface area contributed by atoms with Crippen LogP contribution in [0.2, 0.25) is 0 Å². The zero-order valence-electron chi connectivity index (χ0n) is 15.3. The zero-order valence-corrected chi connectivity index (χ0v) is 15.3. The van der Waals surface area contributed by atoms with E-state index in [1.165, 1.54) is 0 Å². The van der Waals surface area contributed by atoms with Gasteiger partial charge in [-0.3, -0.25) is 9.69 Å². The summed E-state index contributed by atoms with van der Waals surface area (Å²) in [4.78, 5) is 27.5. The van der Waals surface area contributed by atoms with Crippen molar-refractivity contribution in [3.8, 4) is 5.75 Å². The average molecular weight is 357 g/mol. The summed E-state index contributed by atoms with van der Waals surface area (Å²) in [7, 11) is 0. The molecule has 1 aromatic carbocycles. The summed E-state index contributed by atoms with van der Waals surface area (Å²) in [6, 6.07) is 8.10. The molecule has 1 aliphatic carbocycles. The van der Waals surface area contributed by atoms with Gasteiger partial charge in [0.05, 0.1) is 6.04 Å². The van der Waals surface area contributed by atoms with Crippen LogP contribution in [0.4, 0.5) is 4.79 Å². The Morgan fingerprint density at radius 3 is 2.77 bits per heavy atom. The van der Waals surface area contributed by atoms with Gasteiger partial charge in [0.1, 0.15) is 11.4 Å². The number of ether oxygens (including phenoxy) is 1. The van der Waals surface area contributed by atoms with E-state index in [4.69, 9.17) is 4.74 Å². The number of para-hydroxylation sites is 1. The van der Waals surface area contributed by atoms with Gasteiger partial charge in [-0.05, 0) is 31.4 Å². The van der Waals surface area contributed by atoms with Crippen molar-refractivity contribution in [2.24, 2.45) is 5.92 Å². The molecule has 0 unspecified atom stereocenters. The number of nitrogens with zero attached hydrogens (tertiary/aromatic N) is 1. The van der Waals surface area contributed by atoms with Crippen molar-refractivity contribution in [2.75, 3.05) is 0 Å². The Hall–Kier alpha value is -2.14. The van der Waals surface area contributed by atoms with E-state index in [-0.39, 0.29) is 24.2 Å². The summed E-state index contributed by atoms with van der Waals surface area (Å²) in [6.07, 6.45) is 5.03. The van der Waals surface area contributed by atoms with Crippen LogP contribution < -0.4 is 4.74 Å². The molecule has 1 aliphatic heterocycles. The van der Waals surface area contributed by atoms with Gasteiger partial charge in [0, 0.05) is 18.4 Å². The minimum Gasteiger partial charge on any atom is -0.410 e. The molecule has 3 rings (SSSR count). The number of hydrogen-bond donors (Lipinski definition) is 1. The largest absolute Gasteiger partial charge is 0.415 e. The maximum Gasteiger partial charge on any atom is 0.415 e. The molecule has 1 N–H and O–H groups in total. The molecule has 26 heavy (non-hydrogen) atoms. The Bertz CT molecular complexity index is 674. The van der Waals surface area contributed by atoms with Gasteiger partial charge in [0.2, 0.25) is 0 Å². The molecular weight excluding hydrogens is 330 g/mol. The Kier molecular flexibility index (Phi) is 5.47. The lowest BCUT2D eigenvalue weighted by Gasteiger charge is -2.53. The number of carbonyl (C=O) groups is 2. The molecule has 0 aromatic heterocycles. The van der Waals surface area contributed by atoms with Gasteiger partial charge in [-0.15, -0.1) is 6.58 Å². The third-order valence-corrected chi connectivity index (χ3v) is 5.73. The van der Waals surface area contributed by atoms with Crippen LogP contribution in [0.5, 0.6) is 5.75 Å². The predicted octanol–water partition coefficient (Wildman–Crippen LogP) is 3.71. The molecule has 1 saturated heterocycles. The van der Waals surface area contributed by atoms with Crippen LogP contribution in [0.25, 0.3) is 0 Å². The molecule has 0 bridgehead atoms. The number of ketones is 1. The van der Waals surface area contributed by atoms with E-state index in [1.807, 2.05) is 13.0 Å². The maximum atomic E-state index is 13.0. The van der Waals surface area contributed by atoms with E-state index in [2.05, 4.69) is 6.58 Å². The highest BCUT2D eigenvalue weighted by Crippen LogP contribution is 2.44. The summed E-state index contributed by atoms with van der Waals surface area (Å²) in [6.45, 7) is 5.83. The molecule has 1 aromatic rings. The normalized spacial score (nSPS) is 31.2. The van der Waals surface area contributed by atoms with Gasteiger partial charge in [-0.1, -0.05) is 44.0 Å². The quantitative estimate of drug-likeness (QED) is 0.834. The standard InChI is InChI=1S/C21H27NO4/c1-3-9-16-14-19(23)21(25)15(4-2)10-8-13-18(21)22(16)20(24)26-17-11-6-5-7-12-17/h4-7,11-12,15-16,18,25H,2-3,8-10,13-14H2,1H3/t15-,16+,18-,21-/m0/s1. The second-order valence-corrected chi connectivity index (χ2v) is 7.27. The highest BCUT2D eigenvalue weighted by Gasteiger charge is 2.58. The first-order valence-electron chi connectivity index (χ1n) is 9.45. The van der Waals surface area contributed by atoms with Crippen LogP contribution in [0.1, 0.15) is 45.4 Å². The SMILES string of the molecule is C=C[C@H]1CCC[C@@H]2N(C(=O)Oc3ccccc3)[C@H](CCC)CC(=O)[C@@]21O. The molecule has 5 heteroatoms. The minimum absolute atomic E-state index is 0.162. The number of benzene rings is 1. The number of hydrogen-bond acceptors (Lipinski definition) is 4. The van der Waals surface area contributed by atoms with Crippen LogP contribution in [-0.2, 0) is 4.79 Å². The highest BCUT2D eigenvalue weighted by atomic mass is 16.6. The summed E-state index contributed by atoms with van der Waals surface area (Å²) < 4.78 is 5.57. The number of amides is 1. The number of piperidine rings is 1. The topological polar surface area (TPSA) is 66.8 Å². The van der Waals surface area contributed by atoms with Gasteiger partial charge >= 0.3 is 6.09 Å². The predicted molar refractivity (Wildman–Crippen MR) is 98.9 cm³/mol.